The highest BCUT2D eigenvalue weighted by atomic mass is 32.2. The van der Waals surface area contributed by atoms with E-state index in [1.165, 1.54) is 28.7 Å². The minimum Gasteiger partial charge on any atom is -0.486 e. The minimum absolute atomic E-state index is 0.167. The molecule has 1 aromatic carbocycles. The number of anilines is 1. The van der Waals surface area contributed by atoms with Gasteiger partial charge < -0.3 is 4.74 Å². The molecule has 0 radical (unpaired) electrons. The second-order valence-corrected chi connectivity index (χ2v) is 8.10. The third-order valence-corrected chi connectivity index (χ3v) is 5.79. The molecular formula is C19H22N6O2S2. The second-order valence-electron chi connectivity index (χ2n) is 6.09. The lowest BCUT2D eigenvalue weighted by atomic mass is 10.2. The number of ether oxygens (including phenoxy) is 1. The van der Waals surface area contributed by atoms with Gasteiger partial charge in [0.25, 0.3) is 0 Å². The van der Waals surface area contributed by atoms with Crippen molar-refractivity contribution in [1.82, 2.24) is 25.0 Å². The lowest BCUT2D eigenvalue weighted by molar-refractivity contribution is -0.113. The Morgan fingerprint density at radius 2 is 2.07 bits per heavy atom. The Morgan fingerprint density at radius 3 is 2.76 bits per heavy atom. The first-order valence-corrected chi connectivity index (χ1v) is 10.9. The van der Waals surface area contributed by atoms with Gasteiger partial charge in [-0.3, -0.25) is 14.7 Å². The largest absolute Gasteiger partial charge is 0.486 e. The Balaban J connectivity index is 1.59. The molecule has 3 aromatic rings. The van der Waals surface area contributed by atoms with E-state index < -0.39 is 0 Å². The number of carbonyl (C=O) groups is 1. The summed E-state index contributed by atoms with van der Waals surface area (Å²) in [5, 5.41) is 21.1. The maximum absolute atomic E-state index is 12.2. The van der Waals surface area contributed by atoms with Gasteiger partial charge in [0.05, 0.1) is 5.75 Å². The molecular weight excluding hydrogens is 408 g/mol. The molecule has 0 bridgehead atoms. The minimum atomic E-state index is -0.167. The Kier molecular flexibility index (Phi) is 7.36. The molecule has 0 unspecified atom stereocenters. The van der Waals surface area contributed by atoms with Crippen LogP contribution < -0.4 is 10.1 Å². The van der Waals surface area contributed by atoms with E-state index in [2.05, 4.69) is 32.3 Å². The quantitative estimate of drug-likeness (QED) is 0.388. The van der Waals surface area contributed by atoms with Gasteiger partial charge in [-0.2, -0.15) is 0 Å². The number of allylic oxidation sites excluding steroid dienone is 1. The number of aromatic nitrogens is 5. The average Bonchev–Trinajstić information content (AvgIpc) is 3.33. The molecule has 1 N–H and O–H groups in total. The van der Waals surface area contributed by atoms with Crippen LogP contribution in [-0.4, -0.2) is 36.6 Å². The van der Waals surface area contributed by atoms with Crippen molar-refractivity contribution in [3.63, 3.8) is 0 Å². The third kappa shape index (κ3) is 5.88. The molecule has 0 aliphatic heterocycles. The van der Waals surface area contributed by atoms with E-state index in [0.29, 0.717) is 22.7 Å². The van der Waals surface area contributed by atoms with Crippen molar-refractivity contribution in [3.8, 4) is 5.75 Å². The van der Waals surface area contributed by atoms with Gasteiger partial charge in [0.1, 0.15) is 17.4 Å². The standard InChI is InChI=1S/C19H22N6O2S2/c1-4-10-25-15(11-27-14-8-6-13(3)7-9-14)21-24-19(25)28-12-16(26)20-18-23-22-17(5-2)29-18/h4,6-9H,1,5,10-12H2,2-3H3,(H,20,23,26). The smallest absolute Gasteiger partial charge is 0.236 e. The van der Waals surface area contributed by atoms with Crippen LogP contribution in [0, 0.1) is 6.92 Å². The zero-order valence-electron chi connectivity index (χ0n) is 16.3. The number of rotatable bonds is 10. The van der Waals surface area contributed by atoms with Gasteiger partial charge in [0.2, 0.25) is 11.0 Å². The highest BCUT2D eigenvalue weighted by Gasteiger charge is 2.15. The number of nitrogens with one attached hydrogen (secondary N) is 1. The summed E-state index contributed by atoms with van der Waals surface area (Å²) in [6.45, 7) is 8.61. The zero-order chi connectivity index (χ0) is 20.6. The predicted octanol–water partition coefficient (Wildman–Crippen LogP) is 3.50. The molecule has 0 fully saturated rings. The van der Waals surface area contributed by atoms with E-state index in [1.807, 2.05) is 42.7 Å². The summed E-state index contributed by atoms with van der Waals surface area (Å²) >= 11 is 2.68. The molecule has 29 heavy (non-hydrogen) atoms. The molecule has 0 spiro atoms. The SMILES string of the molecule is C=CCn1c(COc2ccc(C)cc2)nnc1SCC(=O)Nc1nnc(CC)s1. The number of hydrogen-bond acceptors (Lipinski definition) is 8. The maximum atomic E-state index is 12.2. The maximum Gasteiger partial charge on any atom is 0.236 e. The molecule has 3 rings (SSSR count). The van der Waals surface area contributed by atoms with Crippen molar-refractivity contribution < 1.29 is 9.53 Å². The van der Waals surface area contributed by atoms with E-state index in [1.54, 1.807) is 6.08 Å². The van der Waals surface area contributed by atoms with Crippen LogP contribution in [-0.2, 0) is 24.4 Å². The van der Waals surface area contributed by atoms with E-state index in [0.717, 1.165) is 17.2 Å². The number of benzene rings is 1. The summed E-state index contributed by atoms with van der Waals surface area (Å²) in [5.74, 6) is 1.46. The predicted molar refractivity (Wildman–Crippen MR) is 114 cm³/mol. The van der Waals surface area contributed by atoms with Gasteiger partial charge in [-0.15, -0.1) is 27.0 Å². The number of thioether (sulfide) groups is 1. The normalized spacial score (nSPS) is 10.7. The number of carbonyl (C=O) groups excluding carboxylic acids is 1. The topological polar surface area (TPSA) is 94.8 Å². The van der Waals surface area contributed by atoms with Crippen molar-refractivity contribution in [2.75, 3.05) is 11.1 Å². The average molecular weight is 431 g/mol. The fourth-order valence-corrected chi connectivity index (χ4v) is 3.82. The van der Waals surface area contributed by atoms with Gasteiger partial charge in [-0.25, -0.2) is 0 Å². The second kappa shape index (κ2) is 10.2. The van der Waals surface area contributed by atoms with Crippen LogP contribution in [0.25, 0.3) is 0 Å². The fraction of sp³-hybridized carbons (Fsp3) is 0.316. The van der Waals surface area contributed by atoms with Crippen molar-refractivity contribution >= 4 is 34.1 Å². The van der Waals surface area contributed by atoms with Gasteiger partial charge in [-0.1, -0.05) is 53.8 Å². The van der Waals surface area contributed by atoms with Crippen LogP contribution in [0.4, 0.5) is 5.13 Å². The van der Waals surface area contributed by atoms with Crippen LogP contribution >= 0.6 is 23.1 Å². The summed E-state index contributed by atoms with van der Waals surface area (Å²) < 4.78 is 7.69. The molecule has 0 aliphatic rings. The number of nitrogens with zero attached hydrogens (tertiary/aromatic N) is 5. The first kappa shape index (κ1) is 21.0. The van der Waals surface area contributed by atoms with Crippen LogP contribution in [0.3, 0.4) is 0 Å². The van der Waals surface area contributed by atoms with Crippen LogP contribution in [0.1, 0.15) is 23.3 Å². The molecule has 10 heteroatoms. The summed E-state index contributed by atoms with van der Waals surface area (Å²) in [6.07, 6.45) is 2.55. The Morgan fingerprint density at radius 1 is 1.28 bits per heavy atom. The van der Waals surface area contributed by atoms with Crippen LogP contribution in [0.15, 0.2) is 42.1 Å². The molecule has 2 heterocycles. The van der Waals surface area contributed by atoms with Crippen LogP contribution in [0.5, 0.6) is 5.75 Å². The summed E-state index contributed by atoms with van der Waals surface area (Å²) in [6, 6.07) is 7.82. The molecule has 0 saturated heterocycles. The summed E-state index contributed by atoms with van der Waals surface area (Å²) in [4.78, 5) is 12.2. The van der Waals surface area contributed by atoms with E-state index in [4.69, 9.17) is 4.74 Å². The van der Waals surface area contributed by atoms with Crippen LogP contribution in [0.2, 0.25) is 0 Å². The van der Waals surface area contributed by atoms with Crippen molar-refractivity contribution in [2.24, 2.45) is 0 Å². The Bertz CT molecular complexity index is 967. The summed E-state index contributed by atoms with van der Waals surface area (Å²) in [7, 11) is 0. The molecule has 0 saturated carbocycles. The first-order chi connectivity index (χ1) is 14.1. The molecule has 0 atom stereocenters. The third-order valence-electron chi connectivity index (χ3n) is 3.84. The number of aryl methyl sites for hydroxylation is 2. The molecule has 2 aromatic heterocycles. The molecule has 8 nitrogen and oxygen atoms in total. The van der Waals surface area contributed by atoms with Gasteiger partial charge in [0.15, 0.2) is 11.0 Å². The molecule has 1 amide bonds. The highest BCUT2D eigenvalue weighted by molar-refractivity contribution is 7.99. The Labute approximate surface area is 177 Å². The van der Waals surface area contributed by atoms with Crippen molar-refractivity contribution in [2.45, 2.75) is 38.6 Å². The Hall–Kier alpha value is -2.72. The number of amides is 1. The van der Waals surface area contributed by atoms with Gasteiger partial charge in [-0.05, 0) is 25.5 Å². The number of hydrogen-bond donors (Lipinski definition) is 1. The highest BCUT2D eigenvalue weighted by Crippen LogP contribution is 2.20. The first-order valence-electron chi connectivity index (χ1n) is 9.06. The lowest BCUT2D eigenvalue weighted by Crippen LogP contribution is -2.15. The zero-order valence-corrected chi connectivity index (χ0v) is 17.9. The lowest BCUT2D eigenvalue weighted by Gasteiger charge is -2.09. The molecule has 0 aliphatic carbocycles. The van der Waals surface area contributed by atoms with E-state index in [-0.39, 0.29) is 18.3 Å². The monoisotopic (exact) mass is 430 g/mol. The van der Waals surface area contributed by atoms with Crippen molar-refractivity contribution in [3.05, 3.63) is 53.3 Å². The van der Waals surface area contributed by atoms with Gasteiger partial charge >= 0.3 is 0 Å². The molecule has 152 valence electrons. The summed E-state index contributed by atoms with van der Waals surface area (Å²) in [5.41, 5.74) is 1.17. The van der Waals surface area contributed by atoms with E-state index >= 15 is 0 Å². The van der Waals surface area contributed by atoms with Crippen molar-refractivity contribution in [1.29, 1.82) is 0 Å². The van der Waals surface area contributed by atoms with Gasteiger partial charge in [0, 0.05) is 6.54 Å². The fourth-order valence-electron chi connectivity index (χ4n) is 2.36. The van der Waals surface area contributed by atoms with E-state index in [9.17, 15) is 4.79 Å².